The van der Waals surface area contributed by atoms with Crippen LogP contribution in [0.1, 0.15) is 46.5 Å². The predicted molar refractivity (Wildman–Crippen MR) is 99.2 cm³/mol. The largest absolute Gasteiger partial charge is 0.272 e. The summed E-state index contributed by atoms with van der Waals surface area (Å²) >= 11 is 7.33. The van der Waals surface area contributed by atoms with Crippen molar-refractivity contribution in [3.05, 3.63) is 29.3 Å². The van der Waals surface area contributed by atoms with E-state index in [1.807, 2.05) is 24.3 Å². The molecule has 0 radical (unpaired) electrons. The van der Waals surface area contributed by atoms with E-state index in [0.29, 0.717) is 16.2 Å². The second kappa shape index (κ2) is 8.20. The maximum absolute atomic E-state index is 11.9. The lowest BCUT2D eigenvalue weighted by molar-refractivity contribution is -0.118. The zero-order valence-corrected chi connectivity index (χ0v) is 15.6. The molecule has 1 fully saturated rings. The van der Waals surface area contributed by atoms with Crippen LogP contribution in [0.5, 0.6) is 0 Å². The third-order valence-electron chi connectivity index (χ3n) is 4.31. The number of hydrogen-bond acceptors (Lipinski definition) is 3. The van der Waals surface area contributed by atoms with Crippen molar-refractivity contribution in [2.24, 2.45) is 16.4 Å². The van der Waals surface area contributed by atoms with E-state index in [9.17, 15) is 4.79 Å². The van der Waals surface area contributed by atoms with Crippen molar-refractivity contribution >= 4 is 35.0 Å². The van der Waals surface area contributed by atoms with Crippen LogP contribution < -0.4 is 5.43 Å². The van der Waals surface area contributed by atoms with E-state index in [4.69, 9.17) is 11.6 Å². The Bertz CT molecular complexity index is 553. The summed E-state index contributed by atoms with van der Waals surface area (Å²) in [7, 11) is 0. The van der Waals surface area contributed by atoms with Crippen molar-refractivity contribution in [3.8, 4) is 0 Å². The average molecular weight is 353 g/mol. The number of nitrogens with one attached hydrogen (secondary N) is 1. The van der Waals surface area contributed by atoms with Crippen LogP contribution in [0.2, 0.25) is 5.02 Å². The van der Waals surface area contributed by atoms with Crippen LogP contribution >= 0.6 is 23.4 Å². The van der Waals surface area contributed by atoms with Crippen molar-refractivity contribution in [3.63, 3.8) is 0 Å². The molecule has 3 nitrogen and oxygen atoms in total. The molecule has 1 saturated carbocycles. The number of carbonyl (C=O) groups excluding carboxylic acids is 1. The van der Waals surface area contributed by atoms with Gasteiger partial charge in [-0.15, -0.1) is 11.8 Å². The van der Waals surface area contributed by atoms with Crippen LogP contribution in [-0.4, -0.2) is 17.4 Å². The standard InChI is InChI=1S/C18H25ClN2OS/c1-18(2,3)13-4-8-15(9-5-13)20-21-17(22)12-23-16-10-6-14(19)7-11-16/h6-7,10-11,13H,4-5,8-9,12H2,1-3H3,(H,21,22). The smallest absolute Gasteiger partial charge is 0.250 e. The Balaban J connectivity index is 1.73. The number of hydrogen-bond donors (Lipinski definition) is 1. The second-order valence-electron chi connectivity index (χ2n) is 7.10. The van der Waals surface area contributed by atoms with Crippen molar-refractivity contribution < 1.29 is 4.79 Å². The van der Waals surface area contributed by atoms with E-state index in [2.05, 4.69) is 31.3 Å². The molecule has 1 aromatic rings. The Kier molecular flexibility index (Phi) is 6.54. The number of amides is 1. The molecule has 1 N–H and O–H groups in total. The summed E-state index contributed by atoms with van der Waals surface area (Å²) in [6.45, 7) is 6.90. The fourth-order valence-corrected chi connectivity index (χ4v) is 3.60. The second-order valence-corrected chi connectivity index (χ2v) is 8.58. The first-order valence-corrected chi connectivity index (χ1v) is 9.43. The van der Waals surface area contributed by atoms with Crippen molar-refractivity contribution in [2.45, 2.75) is 51.3 Å². The number of carbonyl (C=O) groups is 1. The van der Waals surface area contributed by atoms with Crippen molar-refractivity contribution in [2.75, 3.05) is 5.75 Å². The molecule has 0 heterocycles. The van der Waals surface area contributed by atoms with Gasteiger partial charge in [0.1, 0.15) is 0 Å². The van der Waals surface area contributed by atoms with E-state index < -0.39 is 0 Å². The Morgan fingerprint density at radius 1 is 1.26 bits per heavy atom. The van der Waals surface area contributed by atoms with E-state index in [0.717, 1.165) is 42.2 Å². The molecule has 0 aliphatic heterocycles. The van der Waals surface area contributed by atoms with Crippen molar-refractivity contribution in [1.82, 2.24) is 5.43 Å². The minimum Gasteiger partial charge on any atom is -0.272 e. The molecule has 0 atom stereocenters. The topological polar surface area (TPSA) is 41.5 Å². The van der Waals surface area contributed by atoms with Crippen LogP contribution in [-0.2, 0) is 4.79 Å². The monoisotopic (exact) mass is 352 g/mol. The minimum atomic E-state index is -0.0598. The number of benzene rings is 1. The number of nitrogens with zero attached hydrogens (tertiary/aromatic N) is 1. The van der Waals surface area contributed by atoms with Crippen LogP contribution in [0.25, 0.3) is 0 Å². The number of thioether (sulfide) groups is 1. The Labute approximate surface area is 148 Å². The molecule has 1 amide bonds. The minimum absolute atomic E-state index is 0.0598. The van der Waals surface area contributed by atoms with Crippen molar-refractivity contribution in [1.29, 1.82) is 0 Å². The summed E-state index contributed by atoms with van der Waals surface area (Å²) < 4.78 is 0. The molecule has 0 spiro atoms. The van der Waals surface area contributed by atoms with Crippen LogP contribution in [0, 0.1) is 11.3 Å². The molecule has 23 heavy (non-hydrogen) atoms. The quantitative estimate of drug-likeness (QED) is 0.602. The summed E-state index contributed by atoms with van der Waals surface area (Å²) in [6.07, 6.45) is 4.31. The maximum atomic E-state index is 11.9. The molecule has 0 unspecified atom stereocenters. The molecular weight excluding hydrogens is 328 g/mol. The Morgan fingerprint density at radius 3 is 2.43 bits per heavy atom. The third kappa shape index (κ3) is 6.19. The number of hydrazone groups is 1. The molecule has 1 aromatic carbocycles. The number of halogens is 1. The first-order valence-electron chi connectivity index (χ1n) is 8.07. The summed E-state index contributed by atoms with van der Waals surface area (Å²) in [5, 5.41) is 5.01. The molecule has 0 aromatic heterocycles. The zero-order valence-electron chi connectivity index (χ0n) is 14.1. The summed E-state index contributed by atoms with van der Waals surface area (Å²) in [6, 6.07) is 7.49. The van der Waals surface area contributed by atoms with Gasteiger partial charge in [-0.25, -0.2) is 5.43 Å². The summed E-state index contributed by atoms with van der Waals surface area (Å²) in [4.78, 5) is 12.9. The highest BCUT2D eigenvalue weighted by Crippen LogP contribution is 2.36. The molecule has 126 valence electrons. The van der Waals surface area contributed by atoms with E-state index in [-0.39, 0.29) is 5.91 Å². The molecular formula is C18H25ClN2OS. The lowest BCUT2D eigenvalue weighted by atomic mass is 9.72. The van der Waals surface area contributed by atoms with E-state index >= 15 is 0 Å². The molecule has 1 aliphatic rings. The third-order valence-corrected chi connectivity index (χ3v) is 5.57. The average Bonchev–Trinajstić information content (AvgIpc) is 2.52. The lowest BCUT2D eigenvalue weighted by Crippen LogP contribution is -2.28. The van der Waals surface area contributed by atoms with Gasteiger partial charge in [0.2, 0.25) is 5.91 Å². The first kappa shape index (κ1) is 18.3. The van der Waals surface area contributed by atoms with Crippen LogP contribution in [0.4, 0.5) is 0 Å². The first-order chi connectivity index (χ1) is 10.8. The highest BCUT2D eigenvalue weighted by molar-refractivity contribution is 8.00. The summed E-state index contributed by atoms with van der Waals surface area (Å²) in [5.41, 5.74) is 4.18. The van der Waals surface area contributed by atoms with Gasteiger partial charge in [0.15, 0.2) is 0 Å². The lowest BCUT2D eigenvalue weighted by Gasteiger charge is -2.34. The van der Waals surface area contributed by atoms with Crippen LogP contribution in [0.3, 0.4) is 0 Å². The van der Waals surface area contributed by atoms with Gasteiger partial charge in [0.25, 0.3) is 0 Å². The Hall–Kier alpha value is -1.00. The van der Waals surface area contributed by atoms with Gasteiger partial charge < -0.3 is 0 Å². The van der Waals surface area contributed by atoms with Gasteiger partial charge in [-0.1, -0.05) is 32.4 Å². The normalized spacial score (nSPS) is 18.6. The van der Waals surface area contributed by atoms with Gasteiger partial charge in [-0.2, -0.15) is 5.10 Å². The fraction of sp³-hybridized carbons (Fsp3) is 0.556. The van der Waals surface area contributed by atoms with Gasteiger partial charge in [-0.05, 0) is 61.3 Å². The molecule has 1 aliphatic carbocycles. The van der Waals surface area contributed by atoms with Gasteiger partial charge in [-0.3, -0.25) is 4.79 Å². The number of rotatable bonds is 4. The SMILES string of the molecule is CC(C)(C)C1CCC(=NNC(=O)CSc2ccc(Cl)cc2)CC1. The molecule has 0 bridgehead atoms. The zero-order chi connectivity index (χ0) is 16.9. The molecule has 2 rings (SSSR count). The van der Waals surface area contributed by atoms with E-state index in [1.165, 1.54) is 11.8 Å². The van der Waals surface area contributed by atoms with Gasteiger partial charge in [0.05, 0.1) is 5.75 Å². The van der Waals surface area contributed by atoms with Gasteiger partial charge >= 0.3 is 0 Å². The summed E-state index contributed by atoms with van der Waals surface area (Å²) in [5.74, 6) is 1.05. The molecule has 0 saturated heterocycles. The highest BCUT2D eigenvalue weighted by Gasteiger charge is 2.28. The Morgan fingerprint density at radius 2 is 1.87 bits per heavy atom. The predicted octanol–water partition coefficient (Wildman–Crippen LogP) is 5.14. The van der Waals surface area contributed by atoms with Crippen LogP contribution in [0.15, 0.2) is 34.3 Å². The maximum Gasteiger partial charge on any atom is 0.250 e. The van der Waals surface area contributed by atoms with Gasteiger partial charge in [0, 0.05) is 15.6 Å². The molecule has 5 heteroatoms. The van der Waals surface area contributed by atoms with E-state index in [1.54, 1.807) is 0 Å². The highest BCUT2D eigenvalue weighted by atomic mass is 35.5. The fourth-order valence-electron chi connectivity index (χ4n) is 2.78.